The average molecular weight is 639 g/mol. The van der Waals surface area contributed by atoms with Crippen LogP contribution in [-0.2, 0) is 0 Å². The smallest absolute Gasteiger partial charge is 0.497 e. The molecule has 1 aromatic heterocycles. The topological polar surface area (TPSA) is 93.9 Å². The fourth-order valence-electron chi connectivity index (χ4n) is 4.88. The molecule has 0 saturated carbocycles. The fourth-order valence-corrected chi connectivity index (χ4v) is 5.83. The van der Waals surface area contributed by atoms with Crippen molar-refractivity contribution in [3.63, 3.8) is 0 Å². The van der Waals surface area contributed by atoms with E-state index in [2.05, 4.69) is 49.9 Å². The first-order chi connectivity index (χ1) is 21.5. The van der Waals surface area contributed by atoms with Crippen LogP contribution >= 0.6 is 11.8 Å². The molecule has 5 rings (SSSR count). The number of amidine groups is 1. The number of hydrogen-bond donors (Lipinski definition) is 1. The van der Waals surface area contributed by atoms with Crippen molar-refractivity contribution in [2.75, 3.05) is 24.3 Å². The SMILES string of the molecule is COc1ccc(C(C)C)c(N2CCCS/C2=N\C(=O)NC(C)c2ccc(-c3ncn(-c4ccc(OC(F)(F)F)cc4)n3)cc2)c1. The molecule has 3 aromatic carbocycles. The number of aromatic nitrogens is 3. The number of methoxy groups -OCH3 is 1. The van der Waals surface area contributed by atoms with Gasteiger partial charge in [0.25, 0.3) is 0 Å². The van der Waals surface area contributed by atoms with E-state index in [1.807, 2.05) is 43.3 Å². The van der Waals surface area contributed by atoms with Crippen LogP contribution in [0.1, 0.15) is 50.3 Å². The Balaban J connectivity index is 1.25. The molecule has 1 fully saturated rings. The lowest BCUT2D eigenvalue weighted by Gasteiger charge is -2.32. The van der Waals surface area contributed by atoms with E-state index in [9.17, 15) is 18.0 Å². The van der Waals surface area contributed by atoms with Crippen LogP contribution in [0.2, 0.25) is 0 Å². The minimum Gasteiger partial charge on any atom is -0.497 e. The molecule has 2 heterocycles. The van der Waals surface area contributed by atoms with Crippen LogP contribution in [0.5, 0.6) is 11.5 Å². The monoisotopic (exact) mass is 638 g/mol. The summed E-state index contributed by atoms with van der Waals surface area (Å²) >= 11 is 1.56. The molecule has 0 aliphatic carbocycles. The van der Waals surface area contributed by atoms with E-state index >= 15 is 0 Å². The molecule has 1 saturated heterocycles. The molecule has 9 nitrogen and oxygen atoms in total. The molecular formula is C32H33F3N6O3S. The number of carbonyl (C=O) groups excluding carboxylic acids is 1. The molecule has 0 radical (unpaired) electrons. The van der Waals surface area contributed by atoms with Gasteiger partial charge in [-0.2, -0.15) is 4.99 Å². The highest BCUT2D eigenvalue weighted by atomic mass is 32.2. The molecule has 236 valence electrons. The van der Waals surface area contributed by atoms with Crippen molar-refractivity contribution in [1.29, 1.82) is 0 Å². The second-order valence-electron chi connectivity index (χ2n) is 10.7. The fraction of sp³-hybridized carbons (Fsp3) is 0.312. The quantitative estimate of drug-likeness (QED) is 0.211. The number of hydrogen-bond acceptors (Lipinski definition) is 6. The van der Waals surface area contributed by atoms with Gasteiger partial charge in [0.15, 0.2) is 11.0 Å². The second kappa shape index (κ2) is 13.6. The minimum absolute atomic E-state index is 0.285. The van der Waals surface area contributed by atoms with Crippen molar-refractivity contribution in [3.8, 4) is 28.6 Å². The zero-order valence-corrected chi connectivity index (χ0v) is 26.0. The summed E-state index contributed by atoms with van der Waals surface area (Å²) in [7, 11) is 1.64. The Labute approximate surface area is 263 Å². The predicted molar refractivity (Wildman–Crippen MR) is 169 cm³/mol. The molecule has 4 aromatic rings. The first kappa shape index (κ1) is 31.9. The van der Waals surface area contributed by atoms with Crippen molar-refractivity contribution >= 4 is 28.6 Å². The third kappa shape index (κ3) is 7.96. The summed E-state index contributed by atoms with van der Waals surface area (Å²) in [6.07, 6.45) is -2.31. The number of urea groups is 1. The van der Waals surface area contributed by atoms with Gasteiger partial charge in [-0.1, -0.05) is 55.9 Å². The van der Waals surface area contributed by atoms with Crippen molar-refractivity contribution in [2.24, 2.45) is 4.99 Å². The third-order valence-corrected chi connectivity index (χ3v) is 8.23. The van der Waals surface area contributed by atoms with E-state index in [1.165, 1.54) is 35.3 Å². The van der Waals surface area contributed by atoms with Gasteiger partial charge in [0.1, 0.15) is 17.8 Å². The number of alkyl halides is 3. The van der Waals surface area contributed by atoms with E-state index in [-0.39, 0.29) is 17.7 Å². The minimum atomic E-state index is -4.76. The Hall–Kier alpha value is -4.52. The number of ether oxygens (including phenoxy) is 2. The summed E-state index contributed by atoms with van der Waals surface area (Å²) in [5.41, 5.74) is 4.29. The van der Waals surface area contributed by atoms with Crippen LogP contribution in [0.4, 0.5) is 23.7 Å². The molecule has 0 bridgehead atoms. The number of rotatable bonds is 8. The van der Waals surface area contributed by atoms with Gasteiger partial charge in [0.05, 0.1) is 18.8 Å². The third-order valence-electron chi connectivity index (χ3n) is 7.17. The van der Waals surface area contributed by atoms with Crippen LogP contribution in [-0.4, -0.2) is 51.7 Å². The van der Waals surface area contributed by atoms with Crippen molar-refractivity contribution in [3.05, 3.63) is 84.2 Å². The summed E-state index contributed by atoms with van der Waals surface area (Å²) in [6, 6.07) is 18.1. The number of aliphatic imine (C=N–C) groups is 1. The maximum absolute atomic E-state index is 13.1. The maximum Gasteiger partial charge on any atom is 0.573 e. The number of carbonyl (C=O) groups is 1. The maximum atomic E-state index is 13.1. The molecular weight excluding hydrogens is 605 g/mol. The van der Waals surface area contributed by atoms with Crippen molar-refractivity contribution in [2.45, 2.75) is 45.5 Å². The summed E-state index contributed by atoms with van der Waals surface area (Å²) < 4.78 is 48.2. The van der Waals surface area contributed by atoms with Crippen LogP contribution in [0.15, 0.2) is 78.0 Å². The van der Waals surface area contributed by atoms with Gasteiger partial charge < -0.3 is 19.7 Å². The van der Waals surface area contributed by atoms with Gasteiger partial charge in [-0.15, -0.1) is 18.3 Å². The largest absolute Gasteiger partial charge is 0.573 e. The Morgan fingerprint density at radius 2 is 1.73 bits per heavy atom. The Morgan fingerprint density at radius 1 is 1.02 bits per heavy atom. The van der Waals surface area contributed by atoms with E-state index in [4.69, 9.17) is 4.74 Å². The standard InChI is InChI=1S/C32H33F3N6O3S/c1-20(2)27-15-14-26(43-4)18-28(27)40-16-5-17-45-31(40)38-30(42)37-21(3)22-6-8-23(9-7-22)29-36-19-41(39-29)24-10-12-25(13-11-24)44-32(33,34)35/h6-15,18-21H,5,16-17H2,1-4H3,(H,37,42)/b38-31-. The predicted octanol–water partition coefficient (Wildman–Crippen LogP) is 7.74. The Morgan fingerprint density at radius 3 is 2.40 bits per heavy atom. The number of anilines is 1. The number of benzene rings is 3. The van der Waals surface area contributed by atoms with Gasteiger partial charge in [-0.25, -0.2) is 14.5 Å². The van der Waals surface area contributed by atoms with Crippen molar-refractivity contribution in [1.82, 2.24) is 20.1 Å². The first-order valence-electron chi connectivity index (χ1n) is 14.4. The Bertz CT molecular complexity index is 1660. The van der Waals surface area contributed by atoms with E-state index in [0.29, 0.717) is 16.7 Å². The zero-order valence-electron chi connectivity index (χ0n) is 25.2. The summed E-state index contributed by atoms with van der Waals surface area (Å²) in [6.45, 7) is 6.92. The molecule has 45 heavy (non-hydrogen) atoms. The zero-order chi connectivity index (χ0) is 32.1. The summed E-state index contributed by atoms with van der Waals surface area (Å²) in [4.78, 5) is 24.0. The van der Waals surface area contributed by atoms with Gasteiger partial charge in [0, 0.05) is 29.6 Å². The number of nitrogens with zero attached hydrogens (tertiary/aromatic N) is 5. The Kier molecular flexibility index (Phi) is 9.66. The molecule has 2 amide bonds. The molecule has 1 N–H and O–H groups in total. The highest BCUT2D eigenvalue weighted by Crippen LogP contribution is 2.35. The molecule has 1 atom stereocenters. The van der Waals surface area contributed by atoms with E-state index < -0.39 is 12.4 Å². The van der Waals surface area contributed by atoms with Crippen molar-refractivity contribution < 1.29 is 27.4 Å². The second-order valence-corrected chi connectivity index (χ2v) is 11.7. The van der Waals surface area contributed by atoms with Gasteiger partial charge in [-0.3, -0.25) is 0 Å². The van der Waals surface area contributed by atoms with E-state index in [1.54, 1.807) is 18.9 Å². The lowest BCUT2D eigenvalue weighted by molar-refractivity contribution is -0.274. The van der Waals surface area contributed by atoms with Crippen LogP contribution in [0, 0.1) is 0 Å². The molecule has 13 heteroatoms. The first-order valence-corrected chi connectivity index (χ1v) is 15.3. The number of nitrogens with one attached hydrogen (secondary N) is 1. The summed E-state index contributed by atoms with van der Waals surface area (Å²) in [5.74, 6) is 2.03. The van der Waals surface area contributed by atoms with Gasteiger partial charge in [0.2, 0.25) is 0 Å². The molecule has 0 spiro atoms. The van der Waals surface area contributed by atoms with E-state index in [0.717, 1.165) is 46.8 Å². The van der Waals surface area contributed by atoms with Crippen LogP contribution in [0.3, 0.4) is 0 Å². The number of halogens is 3. The highest BCUT2D eigenvalue weighted by Gasteiger charge is 2.31. The number of amides is 2. The molecule has 1 unspecified atom stereocenters. The number of thioether (sulfide) groups is 1. The highest BCUT2D eigenvalue weighted by molar-refractivity contribution is 8.14. The van der Waals surface area contributed by atoms with Gasteiger partial charge >= 0.3 is 12.4 Å². The molecule has 1 aliphatic heterocycles. The van der Waals surface area contributed by atoms with Gasteiger partial charge in [-0.05, 0) is 60.7 Å². The average Bonchev–Trinajstić information content (AvgIpc) is 3.51. The normalized spacial score (nSPS) is 15.3. The van der Waals surface area contributed by atoms with Crippen LogP contribution < -0.4 is 19.7 Å². The lowest BCUT2D eigenvalue weighted by Crippen LogP contribution is -2.36. The summed E-state index contributed by atoms with van der Waals surface area (Å²) in [5, 5.41) is 8.07. The molecule has 1 aliphatic rings. The lowest BCUT2D eigenvalue weighted by atomic mass is 10.00. The van der Waals surface area contributed by atoms with Crippen LogP contribution in [0.25, 0.3) is 17.1 Å².